The van der Waals surface area contributed by atoms with Crippen LogP contribution in [0.5, 0.6) is 0 Å². The molecule has 0 saturated heterocycles. The van der Waals surface area contributed by atoms with Crippen molar-refractivity contribution in [1.82, 2.24) is 20.1 Å². The van der Waals surface area contributed by atoms with Gasteiger partial charge in [0, 0.05) is 36.1 Å². The van der Waals surface area contributed by atoms with Crippen molar-refractivity contribution in [3.05, 3.63) is 28.5 Å². The quantitative estimate of drug-likeness (QED) is 0.912. The van der Waals surface area contributed by atoms with Gasteiger partial charge in [-0.05, 0) is 19.8 Å². The van der Waals surface area contributed by atoms with Crippen LogP contribution in [0.4, 0.5) is 9.93 Å². The Labute approximate surface area is 127 Å². The first kappa shape index (κ1) is 14.1. The zero-order valence-corrected chi connectivity index (χ0v) is 13.0. The van der Waals surface area contributed by atoms with E-state index in [2.05, 4.69) is 20.7 Å². The second-order valence-electron chi connectivity index (χ2n) is 5.39. The first-order valence-corrected chi connectivity index (χ1v) is 7.99. The van der Waals surface area contributed by atoms with E-state index in [9.17, 15) is 4.79 Å². The fraction of sp³-hybridized carbons (Fsp3) is 0.500. The van der Waals surface area contributed by atoms with Crippen molar-refractivity contribution in [2.45, 2.75) is 38.6 Å². The lowest BCUT2D eigenvalue weighted by molar-refractivity contribution is 0.251. The van der Waals surface area contributed by atoms with E-state index in [1.807, 2.05) is 19.4 Å². The average Bonchev–Trinajstić information content (AvgIpc) is 2.95. The minimum Gasteiger partial charge on any atom is -0.334 e. The lowest BCUT2D eigenvalue weighted by atomic mass is 9.83. The predicted octanol–water partition coefficient (Wildman–Crippen LogP) is 2.77. The molecule has 0 radical (unpaired) electrons. The van der Waals surface area contributed by atoms with Gasteiger partial charge in [-0.25, -0.2) is 9.78 Å². The third-order valence-corrected chi connectivity index (χ3v) is 4.82. The second kappa shape index (κ2) is 5.85. The van der Waals surface area contributed by atoms with E-state index in [1.165, 1.54) is 30.6 Å². The molecule has 2 aromatic rings. The number of nitrogens with zero attached hydrogens (tertiary/aromatic N) is 3. The van der Waals surface area contributed by atoms with E-state index in [1.54, 1.807) is 10.9 Å². The van der Waals surface area contributed by atoms with Crippen molar-refractivity contribution in [3.8, 4) is 0 Å². The first-order chi connectivity index (χ1) is 10.1. The van der Waals surface area contributed by atoms with Gasteiger partial charge in [0.15, 0.2) is 5.13 Å². The molecule has 2 aromatic heterocycles. The average molecular weight is 305 g/mol. The summed E-state index contributed by atoms with van der Waals surface area (Å²) in [6.45, 7) is 2.44. The predicted molar refractivity (Wildman–Crippen MR) is 82.5 cm³/mol. The van der Waals surface area contributed by atoms with E-state index in [0.717, 1.165) is 17.0 Å². The van der Waals surface area contributed by atoms with Crippen molar-refractivity contribution in [1.29, 1.82) is 0 Å². The molecular formula is C14H19N5OS. The maximum absolute atomic E-state index is 11.9. The fourth-order valence-corrected chi connectivity index (χ4v) is 3.06. The SMILES string of the molecule is Cc1c(CNC(=O)Nc2nc(C3CCC3)cs2)cnn1C. The molecule has 1 aliphatic rings. The van der Waals surface area contributed by atoms with Gasteiger partial charge in [-0.1, -0.05) is 6.42 Å². The largest absolute Gasteiger partial charge is 0.334 e. The summed E-state index contributed by atoms with van der Waals surface area (Å²) >= 11 is 1.48. The molecule has 2 N–H and O–H groups in total. The van der Waals surface area contributed by atoms with Crippen molar-refractivity contribution in [2.24, 2.45) is 7.05 Å². The number of aromatic nitrogens is 3. The monoisotopic (exact) mass is 305 g/mol. The van der Waals surface area contributed by atoms with Crippen molar-refractivity contribution < 1.29 is 4.79 Å². The van der Waals surface area contributed by atoms with Crippen molar-refractivity contribution >= 4 is 22.5 Å². The van der Waals surface area contributed by atoms with Gasteiger partial charge >= 0.3 is 6.03 Å². The van der Waals surface area contributed by atoms with Crippen molar-refractivity contribution in [3.63, 3.8) is 0 Å². The van der Waals surface area contributed by atoms with E-state index in [-0.39, 0.29) is 6.03 Å². The summed E-state index contributed by atoms with van der Waals surface area (Å²) in [5.41, 5.74) is 3.18. The highest BCUT2D eigenvalue weighted by Crippen LogP contribution is 2.37. The smallest absolute Gasteiger partial charge is 0.321 e. The number of carbonyl (C=O) groups excluding carboxylic acids is 1. The van der Waals surface area contributed by atoms with Gasteiger partial charge in [0.25, 0.3) is 0 Å². The number of amides is 2. The Kier molecular flexibility index (Phi) is 3.92. The number of thiazole rings is 1. The summed E-state index contributed by atoms with van der Waals surface area (Å²) in [5.74, 6) is 0.595. The molecule has 1 fully saturated rings. The summed E-state index contributed by atoms with van der Waals surface area (Å²) in [7, 11) is 1.89. The lowest BCUT2D eigenvalue weighted by Crippen LogP contribution is -2.28. The van der Waals surface area contributed by atoms with Crippen LogP contribution < -0.4 is 10.6 Å². The highest BCUT2D eigenvalue weighted by atomic mass is 32.1. The van der Waals surface area contributed by atoms with Crippen LogP contribution in [0.3, 0.4) is 0 Å². The molecule has 0 aromatic carbocycles. The number of anilines is 1. The van der Waals surface area contributed by atoms with E-state index < -0.39 is 0 Å². The van der Waals surface area contributed by atoms with Gasteiger partial charge in [-0.15, -0.1) is 11.3 Å². The Bertz CT molecular complexity index is 644. The normalized spacial score (nSPS) is 14.8. The minimum absolute atomic E-state index is 0.229. The number of rotatable bonds is 4. The van der Waals surface area contributed by atoms with Gasteiger partial charge in [0.1, 0.15) is 0 Å². The van der Waals surface area contributed by atoms with Gasteiger partial charge in [0.2, 0.25) is 0 Å². The molecule has 0 atom stereocenters. The molecule has 0 unspecified atom stereocenters. The van der Waals surface area contributed by atoms with Crippen LogP contribution in [-0.2, 0) is 13.6 Å². The Balaban J connectivity index is 1.51. The number of urea groups is 1. The highest BCUT2D eigenvalue weighted by Gasteiger charge is 2.22. The maximum atomic E-state index is 11.9. The van der Waals surface area contributed by atoms with Crippen LogP contribution in [-0.4, -0.2) is 20.8 Å². The molecule has 112 valence electrons. The number of hydrogen-bond donors (Lipinski definition) is 2. The molecule has 2 amide bonds. The molecule has 3 rings (SSSR count). The number of hydrogen-bond acceptors (Lipinski definition) is 4. The second-order valence-corrected chi connectivity index (χ2v) is 6.25. The zero-order valence-electron chi connectivity index (χ0n) is 12.2. The summed E-state index contributed by atoms with van der Waals surface area (Å²) in [5, 5.41) is 12.5. The van der Waals surface area contributed by atoms with E-state index in [0.29, 0.717) is 17.6 Å². The molecule has 7 heteroatoms. The first-order valence-electron chi connectivity index (χ1n) is 7.11. The van der Waals surface area contributed by atoms with Crippen LogP contribution >= 0.6 is 11.3 Å². The van der Waals surface area contributed by atoms with Crippen LogP contribution in [0.25, 0.3) is 0 Å². The molecule has 0 spiro atoms. The third kappa shape index (κ3) is 3.07. The molecule has 6 nitrogen and oxygen atoms in total. The fourth-order valence-electron chi connectivity index (χ4n) is 2.27. The van der Waals surface area contributed by atoms with Crippen LogP contribution in [0.15, 0.2) is 11.6 Å². The Hall–Kier alpha value is -1.89. The van der Waals surface area contributed by atoms with Crippen LogP contribution in [0.1, 0.15) is 42.1 Å². The molecule has 1 saturated carbocycles. The highest BCUT2D eigenvalue weighted by molar-refractivity contribution is 7.13. The van der Waals surface area contributed by atoms with Gasteiger partial charge in [-0.3, -0.25) is 10.00 Å². The molecule has 0 aliphatic heterocycles. The Morgan fingerprint density at radius 3 is 2.95 bits per heavy atom. The maximum Gasteiger partial charge on any atom is 0.321 e. The summed E-state index contributed by atoms with van der Waals surface area (Å²) in [6.07, 6.45) is 5.49. The van der Waals surface area contributed by atoms with Gasteiger partial charge < -0.3 is 5.32 Å². The lowest BCUT2D eigenvalue weighted by Gasteiger charge is -2.22. The topological polar surface area (TPSA) is 71.8 Å². The molecule has 21 heavy (non-hydrogen) atoms. The summed E-state index contributed by atoms with van der Waals surface area (Å²) in [6, 6.07) is -0.229. The van der Waals surface area contributed by atoms with Crippen LogP contribution in [0, 0.1) is 6.92 Å². The van der Waals surface area contributed by atoms with Gasteiger partial charge in [-0.2, -0.15) is 5.10 Å². The third-order valence-electron chi connectivity index (χ3n) is 4.04. The van der Waals surface area contributed by atoms with Gasteiger partial charge in [0.05, 0.1) is 11.9 Å². The minimum atomic E-state index is -0.229. The molecule has 1 aliphatic carbocycles. The van der Waals surface area contributed by atoms with Crippen molar-refractivity contribution in [2.75, 3.05) is 5.32 Å². The molecule has 0 bridgehead atoms. The number of carbonyl (C=O) groups is 1. The standard InChI is InChI=1S/C14H19N5OS/c1-9-11(7-16-19(9)2)6-15-13(20)18-14-17-12(8-21-14)10-4-3-5-10/h7-8,10H,3-6H2,1-2H3,(H2,15,17,18,20). The van der Waals surface area contributed by atoms with E-state index in [4.69, 9.17) is 0 Å². The number of aryl methyl sites for hydroxylation is 1. The zero-order chi connectivity index (χ0) is 14.8. The van der Waals surface area contributed by atoms with Crippen LogP contribution in [0.2, 0.25) is 0 Å². The Morgan fingerprint density at radius 2 is 2.33 bits per heavy atom. The summed E-state index contributed by atoms with van der Waals surface area (Å²) < 4.78 is 1.79. The summed E-state index contributed by atoms with van der Waals surface area (Å²) in [4.78, 5) is 16.4. The van der Waals surface area contributed by atoms with E-state index >= 15 is 0 Å². The molecule has 2 heterocycles. The molecular weight excluding hydrogens is 286 g/mol. The number of nitrogens with one attached hydrogen (secondary N) is 2. The Morgan fingerprint density at radius 1 is 1.52 bits per heavy atom.